The molecule has 2 saturated heterocycles. The Kier molecular flexibility index (Phi) is 12.6. The highest BCUT2D eigenvalue weighted by Crippen LogP contribution is 2.37. The quantitative estimate of drug-likeness (QED) is 0.351. The van der Waals surface area contributed by atoms with Gasteiger partial charge in [-0.25, -0.2) is 0 Å². The van der Waals surface area contributed by atoms with Crippen molar-refractivity contribution in [2.24, 2.45) is 17.8 Å². The Balaban J connectivity index is 2.52. The van der Waals surface area contributed by atoms with Gasteiger partial charge >= 0.3 is 5.97 Å². The van der Waals surface area contributed by atoms with Crippen LogP contribution in [0.25, 0.3) is 0 Å². The number of amides is 1. The molecule has 240 valence electrons. The molecule has 0 aliphatic carbocycles. The number of aliphatic hydroxyl groups is 3. The van der Waals surface area contributed by atoms with Crippen molar-refractivity contribution < 1.29 is 43.9 Å². The number of rotatable bonds is 5. The molecule has 0 aromatic rings. The molecule has 2 rings (SSSR count). The zero-order valence-electron chi connectivity index (χ0n) is 26.9. The topological polar surface area (TPSA) is 147 Å². The van der Waals surface area contributed by atoms with Crippen LogP contribution in [0.1, 0.15) is 81.1 Å². The molecular formula is C30H56N2O9. The maximum atomic E-state index is 13.3. The Labute approximate surface area is 246 Å². The second-order valence-corrected chi connectivity index (χ2v) is 13.2. The number of esters is 1. The summed E-state index contributed by atoms with van der Waals surface area (Å²) in [5.41, 5.74) is -2.82. The largest absolute Gasteiger partial charge is 0.459 e. The standard InChI is InChI=1S/C30H56N2O9/c1-12-22-30(8,37)24(34)20(6)31-26(35)18(4)15-29(7,38-11)25(16(2)13-17(3)27(36)40-22)41-28-23(33)21(32(9)10)14-19(5)39-28/h16-25,28,33-34,37H,12-15H2,1-11H3,(H,31,35)/t16-,17+,18+,19+,20+,21-,22+,23+,24+,25+,28-,29+,30+/m0/s1. The van der Waals surface area contributed by atoms with E-state index in [9.17, 15) is 24.9 Å². The minimum Gasteiger partial charge on any atom is -0.459 e. The molecule has 2 aliphatic heterocycles. The molecule has 41 heavy (non-hydrogen) atoms. The van der Waals surface area contributed by atoms with Crippen LogP contribution in [0.2, 0.25) is 0 Å². The van der Waals surface area contributed by atoms with Crippen molar-refractivity contribution in [3.05, 3.63) is 0 Å². The van der Waals surface area contributed by atoms with E-state index in [2.05, 4.69) is 5.32 Å². The summed E-state index contributed by atoms with van der Waals surface area (Å²) < 4.78 is 24.5. The molecule has 2 heterocycles. The molecule has 0 saturated carbocycles. The van der Waals surface area contributed by atoms with Crippen LogP contribution in [0.3, 0.4) is 0 Å². The van der Waals surface area contributed by atoms with Crippen molar-refractivity contribution in [3.63, 3.8) is 0 Å². The molecule has 0 radical (unpaired) electrons. The van der Waals surface area contributed by atoms with E-state index in [0.717, 1.165) is 0 Å². The predicted octanol–water partition coefficient (Wildman–Crippen LogP) is 1.84. The number of aliphatic hydroxyl groups excluding tert-OH is 2. The Morgan fingerprint density at radius 1 is 1.05 bits per heavy atom. The van der Waals surface area contributed by atoms with Gasteiger partial charge in [0.2, 0.25) is 5.91 Å². The van der Waals surface area contributed by atoms with Crippen molar-refractivity contribution in [2.75, 3.05) is 21.2 Å². The highest BCUT2D eigenvalue weighted by atomic mass is 16.7. The lowest BCUT2D eigenvalue weighted by Gasteiger charge is -2.47. The second-order valence-electron chi connectivity index (χ2n) is 13.2. The van der Waals surface area contributed by atoms with Gasteiger partial charge in [-0.2, -0.15) is 0 Å². The summed E-state index contributed by atoms with van der Waals surface area (Å²) in [6.07, 6.45) is -3.59. The highest BCUT2D eigenvalue weighted by Gasteiger charge is 2.48. The fourth-order valence-electron chi connectivity index (χ4n) is 6.49. The molecule has 1 amide bonds. The van der Waals surface area contributed by atoms with Gasteiger partial charge in [0.1, 0.15) is 23.9 Å². The number of likely N-dealkylation sites (N-methyl/N-ethyl adjacent to an activating group) is 1. The van der Waals surface area contributed by atoms with E-state index in [4.69, 9.17) is 18.9 Å². The van der Waals surface area contributed by atoms with Crippen molar-refractivity contribution in [2.45, 2.75) is 141 Å². The number of hydrogen-bond donors (Lipinski definition) is 4. The van der Waals surface area contributed by atoms with E-state index in [1.165, 1.54) is 6.92 Å². The molecule has 13 atom stereocenters. The molecule has 2 aliphatic rings. The molecule has 11 heteroatoms. The Morgan fingerprint density at radius 2 is 1.66 bits per heavy atom. The third-order valence-corrected chi connectivity index (χ3v) is 9.15. The van der Waals surface area contributed by atoms with Gasteiger partial charge in [0.15, 0.2) is 6.29 Å². The molecule has 2 fully saturated rings. The second kappa shape index (κ2) is 14.4. The molecule has 0 spiro atoms. The molecule has 0 aromatic heterocycles. The number of carbonyl (C=O) groups excluding carboxylic acids is 2. The van der Waals surface area contributed by atoms with E-state index < -0.39 is 65.8 Å². The van der Waals surface area contributed by atoms with Crippen molar-refractivity contribution >= 4 is 11.9 Å². The fourth-order valence-corrected chi connectivity index (χ4v) is 6.49. The van der Waals surface area contributed by atoms with Crippen LogP contribution >= 0.6 is 0 Å². The third-order valence-electron chi connectivity index (χ3n) is 9.15. The van der Waals surface area contributed by atoms with Gasteiger partial charge in [0.25, 0.3) is 0 Å². The van der Waals surface area contributed by atoms with Crippen molar-refractivity contribution in [1.29, 1.82) is 0 Å². The van der Waals surface area contributed by atoms with Crippen LogP contribution in [0.5, 0.6) is 0 Å². The van der Waals surface area contributed by atoms with E-state index in [1.807, 2.05) is 39.8 Å². The molecule has 0 aromatic carbocycles. The van der Waals surface area contributed by atoms with E-state index in [0.29, 0.717) is 12.8 Å². The lowest BCUT2D eigenvalue weighted by Crippen LogP contribution is -2.59. The first-order chi connectivity index (χ1) is 18.9. The summed E-state index contributed by atoms with van der Waals surface area (Å²) in [6, 6.07) is -1.01. The smallest absolute Gasteiger partial charge is 0.309 e. The number of cyclic esters (lactones) is 1. The van der Waals surface area contributed by atoms with Crippen molar-refractivity contribution in [1.82, 2.24) is 10.2 Å². The van der Waals surface area contributed by atoms with E-state index in [-0.39, 0.29) is 36.8 Å². The maximum Gasteiger partial charge on any atom is 0.309 e. The van der Waals surface area contributed by atoms with Crippen LogP contribution in [0, 0.1) is 17.8 Å². The van der Waals surface area contributed by atoms with Crippen LogP contribution in [0.4, 0.5) is 0 Å². The van der Waals surface area contributed by atoms with Gasteiger partial charge in [0.05, 0.1) is 29.8 Å². The first kappa shape index (κ1) is 35.9. The van der Waals surface area contributed by atoms with Crippen LogP contribution in [0.15, 0.2) is 0 Å². The van der Waals surface area contributed by atoms with E-state index >= 15 is 0 Å². The minimum absolute atomic E-state index is 0.160. The number of hydrogen-bond acceptors (Lipinski definition) is 10. The van der Waals surface area contributed by atoms with Gasteiger partial charge in [-0.15, -0.1) is 0 Å². The van der Waals surface area contributed by atoms with Gasteiger partial charge in [-0.3, -0.25) is 9.59 Å². The lowest BCUT2D eigenvalue weighted by atomic mass is 9.79. The number of nitrogens with zero attached hydrogens (tertiary/aromatic N) is 1. The van der Waals surface area contributed by atoms with E-state index in [1.54, 1.807) is 34.8 Å². The summed E-state index contributed by atoms with van der Waals surface area (Å²) in [6.45, 7) is 14.0. The summed E-state index contributed by atoms with van der Waals surface area (Å²) >= 11 is 0. The van der Waals surface area contributed by atoms with Crippen LogP contribution in [-0.4, -0.2) is 113 Å². The average Bonchev–Trinajstić information content (AvgIpc) is 2.89. The SMILES string of the molecule is CC[C@H]1OC(=O)[C@H](C)C[C@H](C)[C@@H](O[C@@H]2O[C@H](C)C[C@H](N(C)C)[C@H]2O)[C@](C)(OC)C[C@@H](C)C(=O)N[C@H](C)[C@@H](O)[C@]1(C)O. The Morgan fingerprint density at radius 3 is 2.20 bits per heavy atom. The average molecular weight is 589 g/mol. The molecule has 11 nitrogen and oxygen atoms in total. The summed E-state index contributed by atoms with van der Waals surface area (Å²) in [4.78, 5) is 28.5. The first-order valence-electron chi connectivity index (χ1n) is 15.0. The minimum atomic E-state index is -1.80. The highest BCUT2D eigenvalue weighted by molar-refractivity contribution is 5.78. The normalized spacial score (nSPS) is 45.9. The molecule has 0 bridgehead atoms. The summed E-state index contributed by atoms with van der Waals surface area (Å²) in [5.74, 6) is -2.27. The zero-order valence-corrected chi connectivity index (χ0v) is 26.9. The van der Waals surface area contributed by atoms with Crippen LogP contribution < -0.4 is 5.32 Å². The van der Waals surface area contributed by atoms with Crippen molar-refractivity contribution in [3.8, 4) is 0 Å². The number of methoxy groups -OCH3 is 1. The van der Waals surface area contributed by atoms with Crippen LogP contribution in [-0.2, 0) is 28.5 Å². The summed E-state index contributed by atoms with van der Waals surface area (Å²) in [7, 11) is 5.36. The molecular weight excluding hydrogens is 532 g/mol. The zero-order chi connectivity index (χ0) is 31.4. The monoisotopic (exact) mass is 588 g/mol. The van der Waals surface area contributed by atoms with Gasteiger partial charge in [-0.05, 0) is 73.4 Å². The number of carbonyl (C=O) groups is 2. The maximum absolute atomic E-state index is 13.3. The molecule has 4 N–H and O–H groups in total. The third kappa shape index (κ3) is 8.40. The fraction of sp³-hybridized carbons (Fsp3) is 0.933. The van der Waals surface area contributed by atoms with Gasteiger partial charge < -0.3 is 44.5 Å². The Hall–Kier alpha value is -1.34. The number of ether oxygens (including phenoxy) is 4. The Bertz CT molecular complexity index is 871. The van der Waals surface area contributed by atoms with Gasteiger partial charge in [-0.1, -0.05) is 27.7 Å². The van der Waals surface area contributed by atoms with Gasteiger partial charge in [0, 0.05) is 19.1 Å². The number of nitrogens with one attached hydrogen (secondary N) is 1. The lowest BCUT2D eigenvalue weighted by molar-refractivity contribution is -0.297. The molecule has 0 unspecified atom stereocenters. The summed E-state index contributed by atoms with van der Waals surface area (Å²) in [5, 5.41) is 36.3. The predicted molar refractivity (Wildman–Crippen MR) is 154 cm³/mol. The first-order valence-corrected chi connectivity index (χ1v) is 15.0.